The van der Waals surface area contributed by atoms with Crippen LogP contribution < -0.4 is 0 Å². The second kappa shape index (κ2) is 5.61. The number of para-hydroxylation sites is 1. The third-order valence-electron chi connectivity index (χ3n) is 3.00. The molecule has 0 aliphatic carbocycles. The highest BCUT2D eigenvalue weighted by Crippen LogP contribution is 2.23. The molecule has 2 aromatic rings. The monoisotopic (exact) mass is 249 g/mol. The van der Waals surface area contributed by atoms with E-state index in [4.69, 9.17) is 0 Å². The number of aliphatic hydroxyl groups excluding tert-OH is 1. The molecule has 0 bridgehead atoms. The molecule has 3 heteroatoms. The van der Waals surface area contributed by atoms with Crippen molar-refractivity contribution in [2.24, 2.45) is 5.92 Å². The molecule has 0 spiro atoms. The van der Waals surface area contributed by atoms with Crippen LogP contribution in [0.1, 0.15) is 31.7 Å². The number of fused-ring (bicyclic) bond motifs is 1. The second-order valence-corrected chi connectivity index (χ2v) is 5.89. The van der Waals surface area contributed by atoms with Crippen molar-refractivity contribution < 1.29 is 5.11 Å². The fourth-order valence-corrected chi connectivity index (χ4v) is 2.83. The number of thiazole rings is 1. The van der Waals surface area contributed by atoms with E-state index < -0.39 is 0 Å². The van der Waals surface area contributed by atoms with Gasteiger partial charge in [0.05, 0.1) is 21.3 Å². The minimum Gasteiger partial charge on any atom is -0.393 e. The van der Waals surface area contributed by atoms with Crippen LogP contribution in [0, 0.1) is 5.92 Å². The number of rotatable bonds is 5. The van der Waals surface area contributed by atoms with Gasteiger partial charge in [-0.3, -0.25) is 0 Å². The largest absolute Gasteiger partial charge is 0.393 e. The molecule has 2 rings (SSSR count). The number of nitrogens with zero attached hydrogens (tertiary/aromatic N) is 1. The van der Waals surface area contributed by atoms with E-state index in [1.54, 1.807) is 11.3 Å². The highest BCUT2D eigenvalue weighted by Gasteiger charge is 2.09. The van der Waals surface area contributed by atoms with Crippen molar-refractivity contribution in [3.05, 3.63) is 29.3 Å². The number of hydrogen-bond donors (Lipinski definition) is 1. The Balaban J connectivity index is 1.91. The number of hydrogen-bond acceptors (Lipinski definition) is 3. The average Bonchev–Trinajstić information content (AvgIpc) is 2.71. The first-order valence-electron chi connectivity index (χ1n) is 6.19. The zero-order valence-corrected chi connectivity index (χ0v) is 11.2. The van der Waals surface area contributed by atoms with Gasteiger partial charge in [-0.25, -0.2) is 4.98 Å². The molecule has 1 unspecified atom stereocenters. The topological polar surface area (TPSA) is 33.1 Å². The summed E-state index contributed by atoms with van der Waals surface area (Å²) >= 11 is 1.76. The molecule has 0 saturated carbocycles. The Morgan fingerprint density at radius 1 is 1.29 bits per heavy atom. The van der Waals surface area contributed by atoms with Gasteiger partial charge in [-0.2, -0.15) is 0 Å². The van der Waals surface area contributed by atoms with Gasteiger partial charge < -0.3 is 5.11 Å². The quantitative estimate of drug-likeness (QED) is 0.877. The van der Waals surface area contributed by atoms with Gasteiger partial charge in [0.25, 0.3) is 0 Å². The highest BCUT2D eigenvalue weighted by molar-refractivity contribution is 7.18. The van der Waals surface area contributed by atoms with E-state index in [2.05, 4.69) is 31.0 Å². The molecule has 17 heavy (non-hydrogen) atoms. The molecule has 0 amide bonds. The minimum atomic E-state index is -0.177. The molecule has 0 aliphatic heterocycles. The van der Waals surface area contributed by atoms with Crippen molar-refractivity contribution in [2.45, 2.75) is 39.2 Å². The van der Waals surface area contributed by atoms with Crippen LogP contribution in [-0.2, 0) is 6.42 Å². The Morgan fingerprint density at radius 2 is 2.06 bits per heavy atom. The van der Waals surface area contributed by atoms with Gasteiger partial charge in [-0.15, -0.1) is 11.3 Å². The van der Waals surface area contributed by atoms with Crippen LogP contribution in [0.4, 0.5) is 0 Å². The van der Waals surface area contributed by atoms with Crippen LogP contribution in [0.25, 0.3) is 10.2 Å². The summed E-state index contributed by atoms with van der Waals surface area (Å²) in [6.07, 6.45) is 2.68. The number of aliphatic hydroxyl groups is 1. The standard InChI is InChI=1S/C14H19NOS/c1-10(2)12(16)7-5-9-14-15-11-6-3-4-8-13(11)17-14/h3-4,6,8,10,12,16H,5,7,9H2,1-2H3. The fourth-order valence-electron chi connectivity index (χ4n) is 1.82. The van der Waals surface area contributed by atoms with Gasteiger partial charge in [0, 0.05) is 0 Å². The van der Waals surface area contributed by atoms with E-state index in [1.807, 2.05) is 12.1 Å². The van der Waals surface area contributed by atoms with Crippen LogP contribution >= 0.6 is 11.3 Å². The van der Waals surface area contributed by atoms with Crippen molar-refractivity contribution in [1.82, 2.24) is 4.98 Å². The lowest BCUT2D eigenvalue weighted by Gasteiger charge is -2.13. The van der Waals surface area contributed by atoms with Crippen molar-refractivity contribution >= 4 is 21.6 Å². The molecule has 1 aromatic carbocycles. The fraction of sp³-hybridized carbons (Fsp3) is 0.500. The van der Waals surface area contributed by atoms with Crippen LogP contribution in [0.3, 0.4) is 0 Å². The second-order valence-electron chi connectivity index (χ2n) is 4.78. The molecule has 0 fully saturated rings. The molecule has 92 valence electrons. The molecule has 1 aromatic heterocycles. The van der Waals surface area contributed by atoms with E-state index >= 15 is 0 Å². The van der Waals surface area contributed by atoms with Gasteiger partial charge >= 0.3 is 0 Å². The molecular formula is C14H19NOS. The van der Waals surface area contributed by atoms with Gasteiger partial charge in [-0.1, -0.05) is 26.0 Å². The average molecular weight is 249 g/mol. The van der Waals surface area contributed by atoms with E-state index in [1.165, 1.54) is 9.71 Å². The molecule has 1 N–H and O–H groups in total. The SMILES string of the molecule is CC(C)C(O)CCCc1nc2ccccc2s1. The third-order valence-corrected chi connectivity index (χ3v) is 4.09. The first-order chi connectivity index (χ1) is 8.16. The van der Waals surface area contributed by atoms with E-state index in [0.29, 0.717) is 5.92 Å². The highest BCUT2D eigenvalue weighted by atomic mass is 32.1. The molecule has 2 nitrogen and oxygen atoms in total. The summed E-state index contributed by atoms with van der Waals surface area (Å²) < 4.78 is 1.26. The van der Waals surface area contributed by atoms with Crippen LogP contribution in [-0.4, -0.2) is 16.2 Å². The lowest BCUT2D eigenvalue weighted by molar-refractivity contribution is 0.114. The van der Waals surface area contributed by atoms with Crippen LogP contribution in [0.15, 0.2) is 24.3 Å². The zero-order chi connectivity index (χ0) is 12.3. The summed E-state index contributed by atoms with van der Waals surface area (Å²) in [5.41, 5.74) is 1.09. The maximum Gasteiger partial charge on any atom is 0.0938 e. The molecule has 0 radical (unpaired) electrons. The maximum atomic E-state index is 9.73. The van der Waals surface area contributed by atoms with Gasteiger partial charge in [-0.05, 0) is 37.3 Å². The van der Waals surface area contributed by atoms with Crippen molar-refractivity contribution in [1.29, 1.82) is 0 Å². The Bertz CT molecular complexity index is 445. The molecule has 0 saturated heterocycles. The van der Waals surface area contributed by atoms with E-state index in [9.17, 15) is 5.11 Å². The molecular weight excluding hydrogens is 230 g/mol. The van der Waals surface area contributed by atoms with Crippen LogP contribution in [0.2, 0.25) is 0 Å². The number of benzene rings is 1. The van der Waals surface area contributed by atoms with Gasteiger partial charge in [0.2, 0.25) is 0 Å². The Hall–Kier alpha value is -0.930. The van der Waals surface area contributed by atoms with Crippen molar-refractivity contribution in [3.63, 3.8) is 0 Å². The normalized spacial score (nSPS) is 13.4. The summed E-state index contributed by atoms with van der Waals surface area (Å²) in [6.45, 7) is 4.12. The Kier molecular flexibility index (Phi) is 4.13. The summed E-state index contributed by atoms with van der Waals surface area (Å²) in [5.74, 6) is 0.352. The van der Waals surface area contributed by atoms with Crippen LogP contribution in [0.5, 0.6) is 0 Å². The predicted molar refractivity (Wildman–Crippen MR) is 73.4 cm³/mol. The molecule has 1 heterocycles. The lowest BCUT2D eigenvalue weighted by atomic mass is 10.0. The van der Waals surface area contributed by atoms with Gasteiger partial charge in [0.1, 0.15) is 0 Å². The van der Waals surface area contributed by atoms with E-state index in [-0.39, 0.29) is 6.10 Å². The summed E-state index contributed by atoms with van der Waals surface area (Å²) in [7, 11) is 0. The summed E-state index contributed by atoms with van der Waals surface area (Å²) in [6, 6.07) is 8.24. The summed E-state index contributed by atoms with van der Waals surface area (Å²) in [5, 5.41) is 10.9. The smallest absolute Gasteiger partial charge is 0.0938 e. The minimum absolute atomic E-state index is 0.177. The predicted octanol–water partition coefficient (Wildman–Crippen LogP) is 3.64. The third kappa shape index (κ3) is 3.27. The first kappa shape index (κ1) is 12.5. The molecule has 1 atom stereocenters. The van der Waals surface area contributed by atoms with Gasteiger partial charge in [0.15, 0.2) is 0 Å². The Morgan fingerprint density at radius 3 is 2.76 bits per heavy atom. The first-order valence-corrected chi connectivity index (χ1v) is 7.01. The number of aromatic nitrogens is 1. The molecule has 0 aliphatic rings. The van der Waals surface area contributed by atoms with E-state index in [0.717, 1.165) is 24.8 Å². The van der Waals surface area contributed by atoms with Crippen molar-refractivity contribution in [2.75, 3.05) is 0 Å². The maximum absolute atomic E-state index is 9.73. The van der Waals surface area contributed by atoms with Crippen molar-refractivity contribution in [3.8, 4) is 0 Å². The summed E-state index contributed by atoms with van der Waals surface area (Å²) in [4.78, 5) is 4.59. The number of aryl methyl sites for hydroxylation is 1. The lowest BCUT2D eigenvalue weighted by Crippen LogP contribution is -2.14. The zero-order valence-electron chi connectivity index (χ0n) is 10.4. The Labute approximate surface area is 106 Å².